The molecular formula is C13H17N3O4S. The maximum absolute atomic E-state index is 12.2. The molecule has 21 heavy (non-hydrogen) atoms. The Morgan fingerprint density at radius 2 is 2.05 bits per heavy atom. The molecule has 2 aromatic rings. The molecule has 0 aliphatic rings. The Morgan fingerprint density at radius 3 is 2.62 bits per heavy atom. The van der Waals surface area contributed by atoms with Crippen LogP contribution in [0.15, 0.2) is 35.5 Å². The minimum Gasteiger partial charge on any atom is -0.497 e. The van der Waals surface area contributed by atoms with E-state index >= 15 is 0 Å². The molecule has 0 saturated heterocycles. The monoisotopic (exact) mass is 311 g/mol. The van der Waals surface area contributed by atoms with Crippen molar-refractivity contribution >= 4 is 10.0 Å². The Kier molecular flexibility index (Phi) is 4.49. The van der Waals surface area contributed by atoms with E-state index in [0.29, 0.717) is 17.1 Å². The van der Waals surface area contributed by atoms with Gasteiger partial charge in [0, 0.05) is 23.9 Å². The van der Waals surface area contributed by atoms with Gasteiger partial charge in [0.1, 0.15) is 16.4 Å². The highest BCUT2D eigenvalue weighted by Crippen LogP contribution is 2.30. The van der Waals surface area contributed by atoms with Crippen molar-refractivity contribution in [2.45, 2.75) is 17.9 Å². The summed E-state index contributed by atoms with van der Waals surface area (Å²) < 4.78 is 37.3. The average Bonchev–Trinajstić information content (AvgIpc) is 3.01. The molecule has 1 unspecified atom stereocenters. The van der Waals surface area contributed by atoms with Gasteiger partial charge in [-0.05, 0) is 13.0 Å². The number of H-pyrrole nitrogens is 1. The average molecular weight is 311 g/mol. The summed E-state index contributed by atoms with van der Waals surface area (Å²) in [6, 6.07) is 4.75. The van der Waals surface area contributed by atoms with E-state index in [1.54, 1.807) is 32.2 Å². The van der Waals surface area contributed by atoms with Crippen LogP contribution in [0.1, 0.15) is 18.5 Å². The first kappa shape index (κ1) is 15.3. The van der Waals surface area contributed by atoms with E-state index in [1.807, 2.05) is 0 Å². The lowest BCUT2D eigenvalue weighted by molar-refractivity contribution is 0.388. The lowest BCUT2D eigenvalue weighted by atomic mass is 10.1. The van der Waals surface area contributed by atoms with Gasteiger partial charge < -0.3 is 9.47 Å². The third-order valence-electron chi connectivity index (χ3n) is 3.02. The first-order chi connectivity index (χ1) is 9.97. The molecule has 1 aromatic carbocycles. The van der Waals surface area contributed by atoms with Crippen LogP contribution in [-0.4, -0.2) is 32.8 Å². The van der Waals surface area contributed by atoms with Crippen molar-refractivity contribution in [2.24, 2.45) is 0 Å². The predicted octanol–water partition coefficient (Wildman–Crippen LogP) is 1.47. The van der Waals surface area contributed by atoms with Crippen molar-refractivity contribution in [1.29, 1.82) is 0 Å². The first-order valence-corrected chi connectivity index (χ1v) is 7.69. The van der Waals surface area contributed by atoms with Crippen LogP contribution in [-0.2, 0) is 10.0 Å². The molecule has 1 aromatic heterocycles. The van der Waals surface area contributed by atoms with Gasteiger partial charge in [0.15, 0.2) is 0 Å². The largest absolute Gasteiger partial charge is 0.497 e. The Balaban J connectivity index is 2.26. The van der Waals surface area contributed by atoms with Crippen LogP contribution >= 0.6 is 0 Å². The lowest BCUT2D eigenvalue weighted by Crippen LogP contribution is -2.26. The molecule has 2 N–H and O–H groups in total. The Bertz CT molecular complexity index is 698. The summed E-state index contributed by atoms with van der Waals surface area (Å²) in [5.74, 6) is 1.19. The van der Waals surface area contributed by atoms with Crippen molar-refractivity contribution in [2.75, 3.05) is 14.2 Å². The topological polar surface area (TPSA) is 93.3 Å². The van der Waals surface area contributed by atoms with Crippen LogP contribution in [0.2, 0.25) is 0 Å². The van der Waals surface area contributed by atoms with Gasteiger partial charge in [0.25, 0.3) is 0 Å². The fraction of sp³-hybridized carbons (Fsp3) is 0.308. The van der Waals surface area contributed by atoms with Gasteiger partial charge in [-0.15, -0.1) is 0 Å². The Hall–Kier alpha value is -2.06. The van der Waals surface area contributed by atoms with Crippen molar-refractivity contribution in [1.82, 2.24) is 14.9 Å². The Labute approximate surface area is 123 Å². The second-order valence-electron chi connectivity index (χ2n) is 4.38. The maximum atomic E-state index is 12.2. The summed E-state index contributed by atoms with van der Waals surface area (Å²) in [6.45, 7) is 1.74. The van der Waals surface area contributed by atoms with E-state index in [1.165, 1.54) is 19.5 Å². The number of hydrogen-bond donors (Lipinski definition) is 2. The number of sulfonamides is 1. The van der Waals surface area contributed by atoms with Gasteiger partial charge in [0.05, 0.1) is 20.4 Å². The number of hydrogen-bond acceptors (Lipinski definition) is 5. The molecule has 0 aliphatic heterocycles. The molecule has 0 radical (unpaired) electrons. The number of nitrogens with zero attached hydrogens (tertiary/aromatic N) is 1. The highest BCUT2D eigenvalue weighted by Gasteiger charge is 2.21. The normalized spacial score (nSPS) is 12.9. The predicted molar refractivity (Wildman–Crippen MR) is 76.9 cm³/mol. The second-order valence-corrected chi connectivity index (χ2v) is 6.10. The number of benzene rings is 1. The van der Waals surface area contributed by atoms with Gasteiger partial charge >= 0.3 is 0 Å². The van der Waals surface area contributed by atoms with Crippen molar-refractivity contribution < 1.29 is 17.9 Å². The van der Waals surface area contributed by atoms with Crippen molar-refractivity contribution in [3.63, 3.8) is 0 Å². The molecule has 8 heteroatoms. The Morgan fingerprint density at radius 1 is 1.29 bits per heavy atom. The molecule has 2 rings (SSSR count). The SMILES string of the molecule is COc1ccc(C(C)NS(=O)(=O)c2cn[nH]c2)c(OC)c1. The maximum Gasteiger partial charge on any atom is 0.244 e. The molecule has 0 fully saturated rings. The van der Waals surface area contributed by atoms with Crippen LogP contribution in [0.3, 0.4) is 0 Å². The lowest BCUT2D eigenvalue weighted by Gasteiger charge is -2.17. The van der Waals surface area contributed by atoms with E-state index in [9.17, 15) is 8.42 Å². The summed E-state index contributed by atoms with van der Waals surface area (Å²) >= 11 is 0. The number of methoxy groups -OCH3 is 2. The summed E-state index contributed by atoms with van der Waals surface area (Å²) in [7, 11) is -0.557. The minimum absolute atomic E-state index is 0.0850. The highest BCUT2D eigenvalue weighted by molar-refractivity contribution is 7.89. The molecule has 114 valence electrons. The van der Waals surface area contributed by atoms with Crippen LogP contribution in [0.4, 0.5) is 0 Å². The van der Waals surface area contributed by atoms with Crippen molar-refractivity contribution in [3.05, 3.63) is 36.2 Å². The van der Waals surface area contributed by atoms with Gasteiger partial charge in [0.2, 0.25) is 10.0 Å². The van der Waals surface area contributed by atoms with E-state index in [0.717, 1.165) is 0 Å². The van der Waals surface area contributed by atoms with Gasteiger partial charge in [-0.1, -0.05) is 6.07 Å². The third kappa shape index (κ3) is 3.34. The van der Waals surface area contributed by atoms with Crippen LogP contribution in [0, 0.1) is 0 Å². The summed E-state index contributed by atoms with van der Waals surface area (Å²) in [6.07, 6.45) is 2.57. The molecular weight excluding hydrogens is 294 g/mol. The number of aromatic amines is 1. The van der Waals surface area contributed by atoms with E-state index in [4.69, 9.17) is 9.47 Å². The zero-order chi connectivity index (χ0) is 15.5. The van der Waals surface area contributed by atoms with E-state index in [-0.39, 0.29) is 4.90 Å². The van der Waals surface area contributed by atoms with Gasteiger partial charge in [-0.3, -0.25) is 5.10 Å². The number of rotatable bonds is 6. The molecule has 0 aliphatic carbocycles. The number of aromatic nitrogens is 2. The zero-order valence-corrected chi connectivity index (χ0v) is 12.8. The molecule has 1 atom stereocenters. The second kappa shape index (κ2) is 6.15. The number of ether oxygens (including phenoxy) is 2. The minimum atomic E-state index is -3.64. The van der Waals surface area contributed by atoms with E-state index < -0.39 is 16.1 Å². The molecule has 0 bridgehead atoms. The zero-order valence-electron chi connectivity index (χ0n) is 12.0. The quantitative estimate of drug-likeness (QED) is 0.842. The summed E-state index contributed by atoms with van der Waals surface area (Å²) in [5, 5.41) is 6.12. The fourth-order valence-electron chi connectivity index (χ4n) is 1.93. The summed E-state index contributed by atoms with van der Waals surface area (Å²) in [5.41, 5.74) is 0.713. The van der Waals surface area contributed by atoms with Gasteiger partial charge in [-0.25, -0.2) is 13.1 Å². The molecule has 0 amide bonds. The molecule has 7 nitrogen and oxygen atoms in total. The standard InChI is InChI=1S/C13H17N3O4S/c1-9(16-21(17,18)11-7-14-15-8-11)12-5-4-10(19-2)6-13(12)20-3/h4-9,16H,1-3H3,(H,14,15). The van der Waals surface area contributed by atoms with Crippen LogP contribution in [0.5, 0.6) is 11.5 Å². The molecule has 0 spiro atoms. The third-order valence-corrected chi connectivity index (χ3v) is 4.53. The fourth-order valence-corrected chi connectivity index (χ4v) is 3.05. The molecule has 0 saturated carbocycles. The first-order valence-electron chi connectivity index (χ1n) is 6.21. The number of nitrogens with one attached hydrogen (secondary N) is 2. The van der Waals surface area contributed by atoms with Gasteiger partial charge in [-0.2, -0.15) is 5.10 Å². The summed E-state index contributed by atoms with van der Waals surface area (Å²) in [4.78, 5) is 0.0850. The molecule has 1 heterocycles. The van der Waals surface area contributed by atoms with Crippen LogP contribution in [0.25, 0.3) is 0 Å². The van der Waals surface area contributed by atoms with E-state index in [2.05, 4.69) is 14.9 Å². The van der Waals surface area contributed by atoms with Crippen LogP contribution < -0.4 is 14.2 Å². The highest BCUT2D eigenvalue weighted by atomic mass is 32.2. The van der Waals surface area contributed by atoms with Crippen molar-refractivity contribution in [3.8, 4) is 11.5 Å². The smallest absolute Gasteiger partial charge is 0.244 e.